The number of methoxy groups -OCH3 is 1. The van der Waals surface area contributed by atoms with Gasteiger partial charge in [-0.25, -0.2) is 14.6 Å². The normalized spacial score (nSPS) is 23.1. The molecule has 2 amide bonds. The number of hydrazine groups is 1. The molecule has 2 heterocycles. The molecule has 2 atom stereocenters. The molecule has 0 aromatic heterocycles. The predicted octanol–water partition coefficient (Wildman–Crippen LogP) is 1.74. The van der Waals surface area contributed by atoms with E-state index in [1.807, 2.05) is 19.9 Å². The average Bonchev–Trinajstić information content (AvgIpc) is 3.15. The molecule has 36 heavy (non-hydrogen) atoms. The highest BCUT2D eigenvalue weighted by atomic mass is 19.1. The fraction of sp³-hybridized carbons (Fsp3) is 0.667. The van der Waals surface area contributed by atoms with Crippen molar-refractivity contribution >= 4 is 18.5 Å². The van der Waals surface area contributed by atoms with Gasteiger partial charge in [0, 0.05) is 25.7 Å². The van der Waals surface area contributed by atoms with E-state index in [2.05, 4.69) is 31.9 Å². The van der Waals surface area contributed by atoms with Gasteiger partial charge in [0.25, 0.3) is 6.47 Å². The highest BCUT2D eigenvalue weighted by molar-refractivity contribution is 5.74. The lowest BCUT2D eigenvalue weighted by atomic mass is 9.88. The summed E-state index contributed by atoms with van der Waals surface area (Å²) in [4.78, 5) is 35.7. The standard InChI is InChI=1S/C20H29FN6O3.C2H4O2.C2H6/c1-14(28)24-11-16-12-27(19(29)30-16)15-4-3-5-18(17(21)10-15)26-8-6-20(13-22,7-9-26)25-23-2;1-4-2-3;1-2/h4,10,16,18,23,25H,3,5-9,11-12H2,1-2H3,(H,24,28);2H,1H3;1-2H3. The third-order valence-corrected chi connectivity index (χ3v) is 5.93. The fourth-order valence-corrected chi connectivity index (χ4v) is 4.19. The van der Waals surface area contributed by atoms with Crippen molar-refractivity contribution in [2.75, 3.05) is 40.3 Å². The molecule has 2 fully saturated rings. The molecule has 0 aromatic rings. The molecule has 2 unspecified atom stereocenters. The second-order valence-corrected chi connectivity index (χ2v) is 8.24. The van der Waals surface area contributed by atoms with Crippen molar-refractivity contribution < 1.29 is 28.2 Å². The third kappa shape index (κ3) is 8.89. The number of carbonyl (C=O) groups is 3. The lowest BCUT2D eigenvalue weighted by Gasteiger charge is -2.40. The molecule has 3 rings (SSSR count). The van der Waals surface area contributed by atoms with Crippen molar-refractivity contribution in [2.45, 2.75) is 64.1 Å². The largest absolute Gasteiger partial charge is 0.471 e. The van der Waals surface area contributed by atoms with E-state index >= 15 is 4.39 Å². The second kappa shape index (κ2) is 15.9. The number of allylic oxidation sites excluding steroid dienone is 2. The van der Waals surface area contributed by atoms with E-state index in [0.717, 1.165) is 0 Å². The first-order chi connectivity index (χ1) is 17.3. The Morgan fingerprint density at radius 2 is 2.03 bits per heavy atom. The van der Waals surface area contributed by atoms with Crippen molar-refractivity contribution in [3.8, 4) is 6.07 Å². The quantitative estimate of drug-likeness (QED) is 0.346. The number of ether oxygens (including phenoxy) is 2. The van der Waals surface area contributed by atoms with Crippen LogP contribution >= 0.6 is 0 Å². The fourth-order valence-electron chi connectivity index (χ4n) is 4.19. The Labute approximate surface area is 212 Å². The van der Waals surface area contributed by atoms with Crippen molar-refractivity contribution in [3.05, 3.63) is 23.7 Å². The molecule has 0 aromatic carbocycles. The summed E-state index contributed by atoms with van der Waals surface area (Å²) < 4.78 is 24.3. The van der Waals surface area contributed by atoms with Crippen LogP contribution in [0.15, 0.2) is 23.7 Å². The minimum atomic E-state index is -0.637. The number of nitriles is 1. The molecule has 1 aliphatic carbocycles. The Morgan fingerprint density at radius 3 is 2.56 bits per heavy atom. The number of piperidine rings is 1. The van der Waals surface area contributed by atoms with Gasteiger partial charge in [-0.15, -0.1) is 0 Å². The van der Waals surface area contributed by atoms with Gasteiger partial charge >= 0.3 is 6.09 Å². The summed E-state index contributed by atoms with van der Waals surface area (Å²) in [5.41, 5.74) is 5.72. The average molecular weight is 511 g/mol. The monoisotopic (exact) mass is 510 g/mol. The van der Waals surface area contributed by atoms with E-state index in [1.165, 1.54) is 25.0 Å². The zero-order valence-corrected chi connectivity index (χ0v) is 21.8. The number of cyclic esters (lactones) is 1. The number of nitrogens with one attached hydrogen (secondary N) is 3. The first-order valence-corrected chi connectivity index (χ1v) is 12.1. The Balaban J connectivity index is 0.000000982. The number of nitrogens with zero attached hydrogens (tertiary/aromatic N) is 3. The van der Waals surface area contributed by atoms with Crippen LogP contribution in [0.25, 0.3) is 0 Å². The van der Waals surface area contributed by atoms with Crippen LogP contribution < -0.4 is 16.2 Å². The van der Waals surface area contributed by atoms with Crippen LogP contribution in [-0.2, 0) is 19.1 Å². The number of hydrogen-bond acceptors (Lipinski definition) is 9. The number of amides is 2. The molecular formula is C24H39FN6O5. The smallest absolute Gasteiger partial charge is 0.414 e. The van der Waals surface area contributed by atoms with E-state index in [4.69, 9.17) is 9.53 Å². The molecule has 0 saturated carbocycles. The van der Waals surface area contributed by atoms with Crippen LogP contribution in [0.4, 0.5) is 9.18 Å². The van der Waals surface area contributed by atoms with Crippen LogP contribution in [0.5, 0.6) is 0 Å². The second-order valence-electron chi connectivity index (χ2n) is 8.24. The van der Waals surface area contributed by atoms with Crippen LogP contribution in [0.1, 0.15) is 46.5 Å². The maximum absolute atomic E-state index is 15.1. The first-order valence-electron chi connectivity index (χ1n) is 12.1. The van der Waals surface area contributed by atoms with Crippen LogP contribution in [0, 0.1) is 11.3 Å². The third-order valence-electron chi connectivity index (χ3n) is 5.93. The van der Waals surface area contributed by atoms with E-state index in [1.54, 1.807) is 7.05 Å². The lowest BCUT2D eigenvalue weighted by molar-refractivity contribution is -0.126. The summed E-state index contributed by atoms with van der Waals surface area (Å²) >= 11 is 0. The van der Waals surface area contributed by atoms with Gasteiger partial charge < -0.3 is 14.8 Å². The van der Waals surface area contributed by atoms with E-state index in [9.17, 15) is 14.9 Å². The minimum absolute atomic E-state index is 0.196. The number of rotatable bonds is 7. The lowest BCUT2D eigenvalue weighted by Crippen LogP contribution is -2.57. The Kier molecular flexibility index (Phi) is 13.7. The molecule has 3 aliphatic rings. The highest BCUT2D eigenvalue weighted by Crippen LogP contribution is 2.31. The molecule has 202 valence electrons. The summed E-state index contributed by atoms with van der Waals surface area (Å²) in [6.45, 7) is 7.48. The molecule has 11 nitrogen and oxygen atoms in total. The van der Waals surface area contributed by atoms with Gasteiger partial charge in [0.1, 0.15) is 17.5 Å². The Bertz CT molecular complexity index is 835. The topological polar surface area (TPSA) is 136 Å². The Hall–Kier alpha value is -3.01. The molecule has 12 heteroatoms. The summed E-state index contributed by atoms with van der Waals surface area (Å²) in [7, 11) is 3.05. The van der Waals surface area contributed by atoms with E-state index in [0.29, 0.717) is 50.9 Å². The van der Waals surface area contributed by atoms with Gasteiger partial charge in [-0.05, 0) is 38.8 Å². The van der Waals surface area contributed by atoms with Crippen molar-refractivity contribution in [3.63, 3.8) is 0 Å². The molecule has 2 saturated heterocycles. The van der Waals surface area contributed by atoms with Gasteiger partial charge in [0.15, 0.2) is 0 Å². The van der Waals surface area contributed by atoms with Crippen molar-refractivity contribution in [1.29, 1.82) is 5.26 Å². The summed E-state index contributed by atoms with van der Waals surface area (Å²) in [6, 6.07) is 1.96. The molecule has 0 spiro atoms. The van der Waals surface area contributed by atoms with Crippen LogP contribution in [0.3, 0.4) is 0 Å². The minimum Gasteiger partial charge on any atom is -0.471 e. The maximum Gasteiger partial charge on any atom is 0.414 e. The van der Waals surface area contributed by atoms with E-state index in [-0.39, 0.29) is 30.9 Å². The van der Waals surface area contributed by atoms with Gasteiger partial charge in [-0.2, -0.15) is 5.26 Å². The van der Waals surface area contributed by atoms with Crippen LogP contribution in [-0.4, -0.2) is 86.3 Å². The van der Waals surface area contributed by atoms with Crippen LogP contribution in [0.2, 0.25) is 0 Å². The Morgan fingerprint density at radius 1 is 1.39 bits per heavy atom. The van der Waals surface area contributed by atoms with Gasteiger partial charge in [-0.3, -0.25) is 24.8 Å². The predicted molar refractivity (Wildman–Crippen MR) is 132 cm³/mol. The van der Waals surface area contributed by atoms with Gasteiger partial charge in [-0.1, -0.05) is 19.9 Å². The first kappa shape index (κ1) is 31.0. The highest BCUT2D eigenvalue weighted by Gasteiger charge is 2.38. The maximum atomic E-state index is 15.1. The molecule has 2 aliphatic heterocycles. The summed E-state index contributed by atoms with van der Waals surface area (Å²) in [6.07, 6.45) is 4.69. The van der Waals surface area contributed by atoms with Crippen molar-refractivity contribution in [2.24, 2.45) is 0 Å². The number of likely N-dealkylation sites (tertiary alicyclic amines) is 1. The summed E-state index contributed by atoms with van der Waals surface area (Å²) in [5, 5.41) is 12.1. The van der Waals surface area contributed by atoms with Crippen molar-refractivity contribution in [1.82, 2.24) is 26.0 Å². The number of hydrogen-bond donors (Lipinski definition) is 3. The zero-order valence-electron chi connectivity index (χ0n) is 21.8. The number of halogens is 1. The zero-order chi connectivity index (χ0) is 27.1. The SMILES string of the molecule is CC.CNNC1(C#N)CCN(C2CCC=C(N3CC(CNC(C)=O)OC3=O)C=C2F)CC1.COC=O. The van der Waals surface area contributed by atoms with Gasteiger partial charge in [0.2, 0.25) is 5.91 Å². The van der Waals surface area contributed by atoms with E-state index < -0.39 is 17.7 Å². The molecular weight excluding hydrogens is 471 g/mol. The summed E-state index contributed by atoms with van der Waals surface area (Å²) in [5.74, 6) is -0.485. The molecule has 0 bridgehead atoms. The van der Waals surface area contributed by atoms with Gasteiger partial charge in [0.05, 0.1) is 32.3 Å². The number of carbonyl (C=O) groups excluding carboxylic acids is 3. The molecule has 0 radical (unpaired) electrons. The molecule has 3 N–H and O–H groups in total.